The first-order valence-electron chi connectivity index (χ1n) is 6.05. The van der Waals surface area contributed by atoms with Crippen LogP contribution in [0.4, 0.5) is 11.6 Å². The molecule has 0 radical (unpaired) electrons. The average molecular weight is 246 g/mol. The van der Waals surface area contributed by atoms with Crippen molar-refractivity contribution in [1.82, 2.24) is 19.5 Å². The zero-order valence-electron chi connectivity index (χ0n) is 10.7. The summed E-state index contributed by atoms with van der Waals surface area (Å²) in [4.78, 5) is 12.8. The van der Waals surface area contributed by atoms with Crippen molar-refractivity contribution in [2.24, 2.45) is 7.05 Å². The molecule has 0 spiro atoms. The van der Waals surface area contributed by atoms with Gasteiger partial charge in [0.2, 0.25) is 0 Å². The lowest BCUT2D eigenvalue weighted by Crippen LogP contribution is -2.10. The van der Waals surface area contributed by atoms with Gasteiger partial charge in [0, 0.05) is 39.0 Å². The molecule has 0 atom stereocenters. The van der Waals surface area contributed by atoms with E-state index in [0.29, 0.717) is 0 Å². The Hall–Kier alpha value is -2.11. The molecule has 2 aromatic heterocycles. The summed E-state index contributed by atoms with van der Waals surface area (Å²) in [6.07, 6.45) is 8.05. The van der Waals surface area contributed by atoms with Crippen molar-refractivity contribution in [3.8, 4) is 0 Å². The van der Waals surface area contributed by atoms with Gasteiger partial charge in [-0.3, -0.25) is 4.98 Å². The van der Waals surface area contributed by atoms with E-state index in [1.165, 1.54) is 0 Å². The van der Waals surface area contributed by atoms with Gasteiger partial charge in [0.15, 0.2) is 0 Å². The molecule has 6 heteroatoms. The Balaban J connectivity index is 1.86. The lowest BCUT2D eigenvalue weighted by molar-refractivity contribution is 0.788. The topological polar surface area (TPSA) is 67.7 Å². The van der Waals surface area contributed by atoms with Crippen LogP contribution in [0.15, 0.2) is 24.8 Å². The first-order valence-corrected chi connectivity index (χ1v) is 6.05. The number of nitrogens with one attached hydrogen (secondary N) is 2. The van der Waals surface area contributed by atoms with E-state index in [4.69, 9.17) is 0 Å². The molecule has 2 heterocycles. The summed E-state index contributed by atoms with van der Waals surface area (Å²) < 4.78 is 2.02. The number of aryl methyl sites for hydroxylation is 1. The van der Waals surface area contributed by atoms with Crippen LogP contribution in [0.5, 0.6) is 0 Å². The van der Waals surface area contributed by atoms with Crippen LogP contribution in [0.25, 0.3) is 0 Å². The molecule has 0 aromatic carbocycles. The molecule has 0 aliphatic rings. The van der Waals surface area contributed by atoms with Crippen LogP contribution in [0, 0.1) is 0 Å². The second-order valence-corrected chi connectivity index (χ2v) is 3.95. The van der Waals surface area contributed by atoms with Gasteiger partial charge in [0.05, 0.1) is 12.4 Å². The summed E-state index contributed by atoms with van der Waals surface area (Å²) in [5, 5.41) is 6.37. The lowest BCUT2D eigenvalue weighted by atomic mass is 10.4. The third kappa shape index (κ3) is 3.19. The molecule has 0 aliphatic carbocycles. The molecule has 2 rings (SSSR count). The number of imidazole rings is 1. The maximum absolute atomic E-state index is 4.39. The predicted octanol–water partition coefficient (Wildman–Crippen LogP) is 1.30. The molecule has 6 nitrogen and oxygen atoms in total. The minimum absolute atomic E-state index is 0.780. The number of aromatic nitrogens is 4. The Morgan fingerprint density at radius 3 is 2.67 bits per heavy atom. The van der Waals surface area contributed by atoms with Crippen molar-refractivity contribution in [2.75, 3.05) is 23.7 Å². The Morgan fingerprint density at radius 2 is 2.00 bits per heavy atom. The van der Waals surface area contributed by atoms with Gasteiger partial charge in [0.25, 0.3) is 0 Å². The molecule has 0 saturated heterocycles. The van der Waals surface area contributed by atoms with Gasteiger partial charge in [-0.1, -0.05) is 0 Å². The highest BCUT2D eigenvalue weighted by molar-refractivity contribution is 5.41. The van der Waals surface area contributed by atoms with E-state index in [1.54, 1.807) is 18.6 Å². The standard InChI is InChI=1S/C12H18N6/c1-3-14-10-8-13-9-11(17-10)15-5-4-12-16-6-7-18(12)2/h6-9H,3-5H2,1-2H3,(H2,14,15,17). The number of nitrogens with zero attached hydrogens (tertiary/aromatic N) is 4. The van der Waals surface area contributed by atoms with Crippen molar-refractivity contribution in [1.29, 1.82) is 0 Å². The van der Waals surface area contributed by atoms with Crippen LogP contribution in [0.1, 0.15) is 12.7 Å². The van der Waals surface area contributed by atoms with Crippen molar-refractivity contribution in [3.63, 3.8) is 0 Å². The maximum Gasteiger partial charge on any atom is 0.146 e. The number of rotatable bonds is 6. The molecule has 2 aromatic rings. The van der Waals surface area contributed by atoms with Crippen LogP contribution in [-0.4, -0.2) is 32.6 Å². The summed E-state index contributed by atoms with van der Waals surface area (Å²) in [6.45, 7) is 3.66. The molecular weight excluding hydrogens is 228 g/mol. The van der Waals surface area contributed by atoms with Crippen LogP contribution < -0.4 is 10.6 Å². The smallest absolute Gasteiger partial charge is 0.146 e. The zero-order valence-corrected chi connectivity index (χ0v) is 10.7. The third-order valence-corrected chi connectivity index (χ3v) is 2.57. The third-order valence-electron chi connectivity index (χ3n) is 2.57. The monoisotopic (exact) mass is 246 g/mol. The van der Waals surface area contributed by atoms with Crippen LogP contribution in [0.3, 0.4) is 0 Å². The molecule has 0 fully saturated rings. The highest BCUT2D eigenvalue weighted by Gasteiger charge is 2.00. The van der Waals surface area contributed by atoms with E-state index in [-0.39, 0.29) is 0 Å². The molecular formula is C12H18N6. The average Bonchev–Trinajstić information content (AvgIpc) is 2.76. The van der Waals surface area contributed by atoms with Crippen molar-refractivity contribution in [3.05, 3.63) is 30.6 Å². The lowest BCUT2D eigenvalue weighted by Gasteiger charge is -2.07. The Labute approximate surface area is 106 Å². The fourth-order valence-electron chi connectivity index (χ4n) is 1.66. The molecule has 0 aliphatic heterocycles. The van der Waals surface area contributed by atoms with Crippen molar-refractivity contribution >= 4 is 11.6 Å². The van der Waals surface area contributed by atoms with E-state index in [9.17, 15) is 0 Å². The molecule has 2 N–H and O–H groups in total. The van der Waals surface area contributed by atoms with Crippen LogP contribution in [0.2, 0.25) is 0 Å². The molecule has 96 valence electrons. The Bertz CT molecular complexity index is 493. The van der Waals surface area contributed by atoms with Crippen molar-refractivity contribution in [2.45, 2.75) is 13.3 Å². The van der Waals surface area contributed by atoms with Crippen LogP contribution >= 0.6 is 0 Å². The normalized spacial score (nSPS) is 10.3. The van der Waals surface area contributed by atoms with E-state index in [2.05, 4.69) is 25.6 Å². The molecule has 0 saturated carbocycles. The fraction of sp³-hybridized carbons (Fsp3) is 0.417. The first-order chi connectivity index (χ1) is 8.79. The van der Waals surface area contributed by atoms with E-state index < -0.39 is 0 Å². The molecule has 0 amide bonds. The van der Waals surface area contributed by atoms with E-state index in [0.717, 1.165) is 37.0 Å². The van der Waals surface area contributed by atoms with Gasteiger partial charge in [-0.25, -0.2) is 9.97 Å². The molecule has 0 unspecified atom stereocenters. The number of hydrogen-bond donors (Lipinski definition) is 2. The van der Waals surface area contributed by atoms with E-state index >= 15 is 0 Å². The van der Waals surface area contributed by atoms with Gasteiger partial charge < -0.3 is 15.2 Å². The minimum atomic E-state index is 0.780. The van der Waals surface area contributed by atoms with Gasteiger partial charge in [-0.15, -0.1) is 0 Å². The zero-order chi connectivity index (χ0) is 12.8. The number of anilines is 2. The maximum atomic E-state index is 4.39. The summed E-state index contributed by atoms with van der Waals surface area (Å²) in [6, 6.07) is 0. The Morgan fingerprint density at radius 1 is 1.22 bits per heavy atom. The second-order valence-electron chi connectivity index (χ2n) is 3.95. The molecule has 18 heavy (non-hydrogen) atoms. The minimum Gasteiger partial charge on any atom is -0.369 e. The fourth-order valence-corrected chi connectivity index (χ4v) is 1.66. The van der Waals surface area contributed by atoms with Crippen LogP contribution in [-0.2, 0) is 13.5 Å². The molecule has 0 bridgehead atoms. The largest absolute Gasteiger partial charge is 0.369 e. The first kappa shape index (κ1) is 12.3. The summed E-state index contributed by atoms with van der Waals surface area (Å²) in [5.74, 6) is 2.63. The quantitative estimate of drug-likeness (QED) is 0.804. The number of hydrogen-bond acceptors (Lipinski definition) is 5. The van der Waals surface area contributed by atoms with Gasteiger partial charge in [-0.2, -0.15) is 0 Å². The van der Waals surface area contributed by atoms with Gasteiger partial charge in [0.1, 0.15) is 17.5 Å². The highest BCUT2D eigenvalue weighted by atomic mass is 15.1. The van der Waals surface area contributed by atoms with Gasteiger partial charge in [-0.05, 0) is 6.92 Å². The predicted molar refractivity (Wildman–Crippen MR) is 71.6 cm³/mol. The highest BCUT2D eigenvalue weighted by Crippen LogP contribution is 2.06. The SMILES string of the molecule is CCNc1cncc(NCCc2nccn2C)n1. The second kappa shape index (κ2) is 6.00. The summed E-state index contributed by atoms with van der Waals surface area (Å²) >= 11 is 0. The van der Waals surface area contributed by atoms with Crippen molar-refractivity contribution < 1.29 is 0 Å². The summed E-state index contributed by atoms with van der Waals surface area (Å²) in [5.41, 5.74) is 0. The Kier molecular flexibility index (Phi) is 4.11. The van der Waals surface area contributed by atoms with Gasteiger partial charge >= 0.3 is 0 Å². The van der Waals surface area contributed by atoms with E-state index in [1.807, 2.05) is 24.7 Å². The summed E-state index contributed by atoms with van der Waals surface area (Å²) in [7, 11) is 1.99.